The molecule has 5 atom stereocenters. The monoisotopic (exact) mass is 324 g/mol. The molecule has 124 valence electrons. The van der Waals surface area contributed by atoms with E-state index in [1.165, 1.54) is 24.3 Å². The van der Waals surface area contributed by atoms with Gasteiger partial charge in [0.1, 0.15) is 29.5 Å². The van der Waals surface area contributed by atoms with Gasteiger partial charge in [0.15, 0.2) is 6.29 Å². The summed E-state index contributed by atoms with van der Waals surface area (Å²) in [6.45, 7) is -0.714. The van der Waals surface area contributed by atoms with Crippen LogP contribution in [-0.2, 0) is 10.3 Å². The molecule has 1 aliphatic heterocycles. The fraction of sp³-hybridized carbons (Fsp3) is 0.400. The molecule has 5 N–H and O–H groups in total. The maximum Gasteiger partial charge on any atom is 0.336 e. The molecule has 1 saturated heterocycles. The normalized spacial score (nSPS) is 34.7. The Balaban J connectivity index is 2.14. The Kier molecular flexibility index (Phi) is 3.96. The first-order chi connectivity index (χ1) is 10.9. The number of fused-ring (bicyclic) bond motifs is 1. The highest BCUT2D eigenvalue weighted by molar-refractivity contribution is 5.77. The van der Waals surface area contributed by atoms with E-state index in [4.69, 9.17) is 9.15 Å². The van der Waals surface area contributed by atoms with Crippen molar-refractivity contribution in [3.63, 3.8) is 0 Å². The maximum absolute atomic E-state index is 11.3. The van der Waals surface area contributed by atoms with Gasteiger partial charge in [0.25, 0.3) is 0 Å². The fourth-order valence-electron chi connectivity index (χ4n) is 2.81. The van der Waals surface area contributed by atoms with Crippen LogP contribution < -0.4 is 5.63 Å². The smallest absolute Gasteiger partial charge is 0.336 e. The SMILES string of the molecule is O=c1ccc2ccc([C@]3(O)[C@H](O)[C@@H](O)[C@H](O)O[C@@H]3CO)cc2o1. The molecule has 23 heavy (non-hydrogen) atoms. The van der Waals surface area contributed by atoms with Crippen LogP contribution in [0.4, 0.5) is 0 Å². The second kappa shape index (κ2) is 5.68. The lowest BCUT2D eigenvalue weighted by Gasteiger charge is -2.46. The number of hydrogen-bond donors (Lipinski definition) is 5. The Hall–Kier alpha value is -1.81. The Labute approximate surface area is 129 Å². The molecule has 0 radical (unpaired) electrons. The molecular weight excluding hydrogens is 308 g/mol. The number of rotatable bonds is 2. The Morgan fingerprint density at radius 3 is 2.52 bits per heavy atom. The van der Waals surface area contributed by atoms with Gasteiger partial charge in [-0.3, -0.25) is 0 Å². The summed E-state index contributed by atoms with van der Waals surface area (Å²) in [4.78, 5) is 11.3. The lowest BCUT2D eigenvalue weighted by molar-refractivity contribution is -0.325. The molecule has 8 heteroatoms. The maximum atomic E-state index is 11.3. The summed E-state index contributed by atoms with van der Waals surface area (Å²) in [6, 6.07) is 7.08. The molecule has 1 fully saturated rings. The summed E-state index contributed by atoms with van der Waals surface area (Å²) in [5.41, 5.74) is -2.56. The third kappa shape index (κ3) is 2.45. The van der Waals surface area contributed by atoms with Crippen LogP contribution in [-0.4, -0.2) is 56.7 Å². The zero-order valence-electron chi connectivity index (χ0n) is 11.9. The van der Waals surface area contributed by atoms with Crippen molar-refractivity contribution < 1.29 is 34.7 Å². The van der Waals surface area contributed by atoms with Crippen LogP contribution in [0, 0.1) is 0 Å². The molecule has 0 aliphatic carbocycles. The van der Waals surface area contributed by atoms with Crippen molar-refractivity contribution in [2.45, 2.75) is 30.2 Å². The van der Waals surface area contributed by atoms with Crippen LogP contribution in [0.5, 0.6) is 0 Å². The number of aliphatic hydroxyl groups excluding tert-OH is 4. The molecule has 0 bridgehead atoms. The summed E-state index contributed by atoms with van der Waals surface area (Å²) < 4.78 is 10.0. The second-order valence-electron chi connectivity index (χ2n) is 5.47. The molecule has 2 aromatic rings. The van der Waals surface area contributed by atoms with E-state index in [2.05, 4.69) is 0 Å². The van der Waals surface area contributed by atoms with Crippen molar-refractivity contribution in [3.8, 4) is 0 Å². The molecule has 0 spiro atoms. The van der Waals surface area contributed by atoms with Crippen LogP contribution >= 0.6 is 0 Å². The molecule has 0 amide bonds. The van der Waals surface area contributed by atoms with Gasteiger partial charge in [0.2, 0.25) is 0 Å². The van der Waals surface area contributed by atoms with Crippen LogP contribution in [0.3, 0.4) is 0 Å². The van der Waals surface area contributed by atoms with Crippen molar-refractivity contribution in [1.29, 1.82) is 0 Å². The van der Waals surface area contributed by atoms with E-state index >= 15 is 0 Å². The van der Waals surface area contributed by atoms with Gasteiger partial charge in [-0.05, 0) is 17.7 Å². The molecule has 1 aromatic heterocycles. The summed E-state index contributed by atoms with van der Waals surface area (Å²) >= 11 is 0. The third-order valence-corrected chi connectivity index (χ3v) is 4.11. The van der Waals surface area contributed by atoms with Crippen molar-refractivity contribution in [1.82, 2.24) is 0 Å². The van der Waals surface area contributed by atoms with Gasteiger partial charge in [-0.1, -0.05) is 12.1 Å². The summed E-state index contributed by atoms with van der Waals surface area (Å²) in [5, 5.41) is 50.4. The predicted octanol–water partition coefficient (Wildman–Crippen LogP) is -1.59. The standard InChI is InChI=1S/C15H16O8/c16-6-10-15(21,13(19)12(18)14(20)23-10)8-3-1-7-2-4-11(17)22-9(7)5-8/h1-5,10,12-14,16,18-21H,6H2/t10-,12-,13-,14-,15-/m1/s1. The minimum Gasteiger partial charge on any atom is -0.423 e. The zero-order chi connectivity index (χ0) is 16.8. The van der Waals surface area contributed by atoms with Gasteiger partial charge < -0.3 is 34.7 Å². The van der Waals surface area contributed by atoms with Gasteiger partial charge >= 0.3 is 5.63 Å². The first-order valence-corrected chi connectivity index (χ1v) is 6.95. The topological polar surface area (TPSA) is 141 Å². The van der Waals surface area contributed by atoms with E-state index in [0.717, 1.165) is 0 Å². The van der Waals surface area contributed by atoms with E-state index in [1.807, 2.05) is 0 Å². The average molecular weight is 324 g/mol. The Bertz CT molecular complexity index is 767. The molecule has 0 unspecified atom stereocenters. The molecule has 2 heterocycles. The molecule has 3 rings (SSSR count). The number of benzene rings is 1. The van der Waals surface area contributed by atoms with Crippen LogP contribution in [0.15, 0.2) is 39.5 Å². The first-order valence-electron chi connectivity index (χ1n) is 6.95. The van der Waals surface area contributed by atoms with Crippen LogP contribution in [0.25, 0.3) is 11.0 Å². The van der Waals surface area contributed by atoms with E-state index in [9.17, 15) is 30.3 Å². The number of aliphatic hydroxyl groups is 5. The molecule has 1 aromatic carbocycles. The average Bonchev–Trinajstić information content (AvgIpc) is 2.55. The van der Waals surface area contributed by atoms with E-state index in [-0.39, 0.29) is 11.1 Å². The first kappa shape index (κ1) is 16.1. The highest BCUT2D eigenvalue weighted by Gasteiger charge is 2.55. The lowest BCUT2D eigenvalue weighted by atomic mass is 9.78. The van der Waals surface area contributed by atoms with Crippen molar-refractivity contribution in [2.75, 3.05) is 6.61 Å². The second-order valence-corrected chi connectivity index (χ2v) is 5.47. The largest absolute Gasteiger partial charge is 0.423 e. The predicted molar refractivity (Wildman–Crippen MR) is 76.4 cm³/mol. The highest BCUT2D eigenvalue weighted by Crippen LogP contribution is 2.38. The summed E-state index contributed by atoms with van der Waals surface area (Å²) in [6.07, 6.45) is -6.73. The number of hydrogen-bond acceptors (Lipinski definition) is 8. The van der Waals surface area contributed by atoms with E-state index in [1.54, 1.807) is 6.07 Å². The van der Waals surface area contributed by atoms with Gasteiger partial charge in [-0.25, -0.2) is 4.79 Å². The molecule has 0 saturated carbocycles. The van der Waals surface area contributed by atoms with Gasteiger partial charge in [0, 0.05) is 11.5 Å². The molecular formula is C15H16O8. The van der Waals surface area contributed by atoms with Gasteiger partial charge in [-0.15, -0.1) is 0 Å². The minimum absolute atomic E-state index is 0.0665. The molecule has 1 aliphatic rings. The Morgan fingerprint density at radius 2 is 1.83 bits per heavy atom. The van der Waals surface area contributed by atoms with Crippen LogP contribution in [0.1, 0.15) is 5.56 Å². The van der Waals surface area contributed by atoms with Gasteiger partial charge in [0.05, 0.1) is 6.61 Å². The minimum atomic E-state index is -2.20. The summed E-state index contributed by atoms with van der Waals surface area (Å²) in [5.74, 6) is 0. The lowest BCUT2D eigenvalue weighted by Crippen LogP contribution is -2.64. The van der Waals surface area contributed by atoms with Crippen molar-refractivity contribution in [3.05, 3.63) is 46.3 Å². The summed E-state index contributed by atoms with van der Waals surface area (Å²) in [7, 11) is 0. The molecule has 8 nitrogen and oxygen atoms in total. The Morgan fingerprint density at radius 1 is 1.13 bits per heavy atom. The number of ether oxygens (including phenoxy) is 1. The highest BCUT2D eigenvalue weighted by atomic mass is 16.6. The quantitative estimate of drug-likeness (QED) is 0.417. The van der Waals surface area contributed by atoms with Crippen LogP contribution in [0.2, 0.25) is 0 Å². The van der Waals surface area contributed by atoms with Crippen molar-refractivity contribution in [2.24, 2.45) is 0 Å². The third-order valence-electron chi connectivity index (χ3n) is 4.11. The fourth-order valence-corrected chi connectivity index (χ4v) is 2.81. The van der Waals surface area contributed by atoms with Gasteiger partial charge in [-0.2, -0.15) is 0 Å². The van der Waals surface area contributed by atoms with E-state index < -0.39 is 42.4 Å². The van der Waals surface area contributed by atoms with Crippen molar-refractivity contribution >= 4 is 11.0 Å². The van der Waals surface area contributed by atoms with E-state index in [0.29, 0.717) is 5.39 Å². The zero-order valence-corrected chi connectivity index (χ0v) is 11.9.